The number of anilines is 1. The average Bonchev–Trinajstić information content (AvgIpc) is 3.06. The highest BCUT2D eigenvalue weighted by Gasteiger charge is 2.13. The number of hydrogen-bond donors (Lipinski definition) is 3. The van der Waals surface area contributed by atoms with Gasteiger partial charge in [-0.15, -0.1) is 0 Å². The third kappa shape index (κ3) is 20.7. The van der Waals surface area contributed by atoms with Crippen molar-refractivity contribution >= 4 is 36.4 Å². The van der Waals surface area contributed by atoms with Crippen LogP contribution in [0.1, 0.15) is 127 Å². The van der Waals surface area contributed by atoms with Gasteiger partial charge in [0, 0.05) is 55.9 Å². The summed E-state index contributed by atoms with van der Waals surface area (Å²) in [6, 6.07) is 12.9. The van der Waals surface area contributed by atoms with Crippen LogP contribution in [-0.2, 0) is 11.3 Å². The molecule has 2 rings (SSSR count). The minimum absolute atomic E-state index is 0.101. The molecule has 0 saturated heterocycles. The van der Waals surface area contributed by atoms with Gasteiger partial charge < -0.3 is 15.1 Å². The quantitative estimate of drug-likeness (QED) is 0.0371. The van der Waals surface area contributed by atoms with Gasteiger partial charge in [0.15, 0.2) is 12.4 Å². The second kappa shape index (κ2) is 25.7. The highest BCUT2D eigenvalue weighted by molar-refractivity contribution is 7.80. The Balaban J connectivity index is 1.51. The number of hydrogen-bond acceptors (Lipinski definition) is 3. The fraction of sp³-hybridized carbons (Fsp3) is 0.650. The number of amides is 1. The van der Waals surface area contributed by atoms with E-state index in [1.54, 1.807) is 0 Å². The summed E-state index contributed by atoms with van der Waals surface area (Å²) >= 11 is 4.12. The smallest absolute Gasteiger partial charge is 0.220 e. The van der Waals surface area contributed by atoms with Crippen molar-refractivity contribution in [2.45, 2.75) is 123 Å². The van der Waals surface area contributed by atoms with Gasteiger partial charge in [0.1, 0.15) is 6.54 Å². The van der Waals surface area contributed by atoms with E-state index in [1.165, 1.54) is 126 Å². The molecular weight excluding hydrogens is 585 g/mol. The molecule has 0 atom stereocenters. The van der Waals surface area contributed by atoms with Crippen molar-refractivity contribution < 1.29 is 13.8 Å². The van der Waals surface area contributed by atoms with E-state index in [0.29, 0.717) is 18.7 Å². The van der Waals surface area contributed by atoms with E-state index in [0.717, 1.165) is 24.0 Å². The normalized spacial score (nSPS) is 11.7. The number of aryl methyl sites for hydroxylation is 1. The number of thiol groups is 1. The lowest BCUT2D eigenvalue weighted by atomic mass is 10.0. The van der Waals surface area contributed by atoms with Crippen molar-refractivity contribution in [1.82, 2.24) is 5.32 Å². The Morgan fingerprint density at radius 1 is 0.696 bits per heavy atom. The maximum atomic E-state index is 11.7. The average molecular weight is 653 g/mol. The van der Waals surface area contributed by atoms with Crippen LogP contribution in [0.15, 0.2) is 48.8 Å². The van der Waals surface area contributed by atoms with Gasteiger partial charge in [-0.1, -0.05) is 108 Å². The highest BCUT2D eigenvalue weighted by Crippen LogP contribution is 2.15. The lowest BCUT2D eigenvalue weighted by Gasteiger charge is -2.30. The largest absolute Gasteiger partial charge is 0.385 e. The minimum atomic E-state index is 0.101. The maximum absolute atomic E-state index is 11.7. The number of nitrogens with one attached hydrogen (secondary N) is 2. The highest BCUT2D eigenvalue weighted by atomic mass is 32.1. The van der Waals surface area contributed by atoms with Gasteiger partial charge in [0.2, 0.25) is 5.91 Å². The second-order valence-electron chi connectivity index (χ2n) is 13.8. The zero-order chi connectivity index (χ0) is 33.1. The van der Waals surface area contributed by atoms with Gasteiger partial charge in [-0.05, 0) is 36.1 Å². The number of unbranched alkanes of at least 4 members (excludes halogenated alkanes) is 13. The van der Waals surface area contributed by atoms with Crippen molar-refractivity contribution in [2.24, 2.45) is 0 Å². The molecule has 0 aliphatic carbocycles. The van der Waals surface area contributed by atoms with Gasteiger partial charge in [-0.3, -0.25) is 4.79 Å². The first-order valence-electron chi connectivity index (χ1n) is 18.6. The Bertz CT molecular complexity index is 1050. The summed E-state index contributed by atoms with van der Waals surface area (Å²) in [7, 11) is 4.78. The number of quaternary nitrogens is 1. The van der Waals surface area contributed by atoms with E-state index in [-0.39, 0.29) is 5.91 Å². The van der Waals surface area contributed by atoms with Crippen molar-refractivity contribution in [1.29, 1.82) is 0 Å². The Morgan fingerprint density at radius 3 is 1.78 bits per heavy atom. The zero-order valence-corrected chi connectivity index (χ0v) is 30.7. The molecule has 6 heteroatoms. The summed E-state index contributed by atoms with van der Waals surface area (Å²) in [5, 5.41) is 6.48. The van der Waals surface area contributed by atoms with Crippen LogP contribution in [-0.4, -0.2) is 56.4 Å². The third-order valence-electron chi connectivity index (χ3n) is 8.94. The summed E-state index contributed by atoms with van der Waals surface area (Å²) < 4.78 is 3.25. The number of rotatable bonds is 28. The number of nitrogens with zero attached hydrogens (tertiary/aromatic N) is 2. The predicted octanol–water partition coefficient (Wildman–Crippen LogP) is 9.33. The molecule has 0 radical (unpaired) electrons. The molecule has 258 valence electrons. The molecule has 0 spiro atoms. The summed E-state index contributed by atoms with van der Waals surface area (Å²) in [5.41, 5.74) is 3.55. The molecule has 5 nitrogen and oxygen atoms in total. The van der Waals surface area contributed by atoms with Gasteiger partial charge in [-0.2, -0.15) is 12.6 Å². The van der Waals surface area contributed by atoms with Gasteiger partial charge in [-0.25, -0.2) is 4.57 Å². The maximum Gasteiger partial charge on any atom is 0.220 e. The summed E-state index contributed by atoms with van der Waals surface area (Å²) in [5.74, 6) is 0.776. The molecule has 2 N–H and O–H groups in total. The van der Waals surface area contributed by atoms with E-state index >= 15 is 0 Å². The monoisotopic (exact) mass is 653 g/mol. The van der Waals surface area contributed by atoms with E-state index in [1.807, 2.05) is 0 Å². The lowest BCUT2D eigenvalue weighted by Crippen LogP contribution is -2.41. The molecule has 0 bridgehead atoms. The Morgan fingerprint density at radius 2 is 1.22 bits per heavy atom. The molecule has 1 aromatic heterocycles. The topological polar surface area (TPSA) is 45.0 Å². The Kier molecular flexibility index (Phi) is 22.3. The molecule has 2 aromatic rings. The van der Waals surface area contributed by atoms with Crippen molar-refractivity contribution in [3.8, 4) is 0 Å². The molecule has 0 unspecified atom stereocenters. The fourth-order valence-corrected chi connectivity index (χ4v) is 6.04. The second-order valence-corrected chi connectivity index (χ2v) is 14.2. The van der Waals surface area contributed by atoms with Gasteiger partial charge >= 0.3 is 0 Å². The zero-order valence-electron chi connectivity index (χ0n) is 29.8. The van der Waals surface area contributed by atoms with Crippen LogP contribution in [0.25, 0.3) is 12.2 Å². The first-order chi connectivity index (χ1) is 22.4. The molecule has 1 heterocycles. The molecule has 0 aliphatic rings. The minimum Gasteiger partial charge on any atom is -0.385 e. The molecule has 0 aliphatic heterocycles. The van der Waals surface area contributed by atoms with Gasteiger partial charge in [0.05, 0.1) is 27.2 Å². The van der Waals surface area contributed by atoms with Crippen LogP contribution in [0, 0.1) is 0 Å². The molecule has 46 heavy (non-hydrogen) atoms. The predicted molar refractivity (Wildman–Crippen MR) is 203 cm³/mol. The molecular formula is C40H68N4OS+2. The van der Waals surface area contributed by atoms with E-state index in [9.17, 15) is 4.79 Å². The molecule has 0 saturated carbocycles. The van der Waals surface area contributed by atoms with E-state index in [2.05, 4.69) is 110 Å². The Hall–Kier alpha value is -2.31. The summed E-state index contributed by atoms with van der Waals surface area (Å²) in [6.45, 7) is 7.28. The van der Waals surface area contributed by atoms with E-state index in [4.69, 9.17) is 0 Å². The lowest BCUT2D eigenvalue weighted by molar-refractivity contribution is -0.890. The third-order valence-corrected chi connectivity index (χ3v) is 9.16. The molecule has 1 amide bonds. The van der Waals surface area contributed by atoms with Gasteiger partial charge in [0.25, 0.3) is 0 Å². The number of aromatic nitrogens is 1. The summed E-state index contributed by atoms with van der Waals surface area (Å²) in [6.07, 6.45) is 31.0. The number of carbonyl (C=O) groups excluding carboxylic acids is 1. The van der Waals surface area contributed by atoms with Crippen LogP contribution in [0.4, 0.5) is 5.69 Å². The van der Waals surface area contributed by atoms with Crippen LogP contribution < -0.4 is 15.2 Å². The van der Waals surface area contributed by atoms with Crippen LogP contribution >= 0.6 is 12.6 Å². The first-order valence-corrected chi connectivity index (χ1v) is 19.3. The first kappa shape index (κ1) is 39.9. The molecule has 0 fully saturated rings. The van der Waals surface area contributed by atoms with Crippen molar-refractivity contribution in [2.75, 3.05) is 51.3 Å². The number of pyridine rings is 1. The standard InChI is InChI=1S/C40H66N4OS/c1-4-5-6-7-8-9-10-11-12-13-14-15-16-17-34-44(2,3)35-19-29-41-39-25-23-37(24-26-39)21-22-38-27-32-43(33-28-38)31-18-20-40(45)42-30-36-46/h21-28,32-33H,4-20,29-31,34-36H2,1-3H3,(H-,42,45,46)/p+2. The van der Waals surface area contributed by atoms with Crippen LogP contribution in [0.5, 0.6) is 0 Å². The van der Waals surface area contributed by atoms with Crippen LogP contribution in [0.3, 0.4) is 0 Å². The Labute approximate surface area is 288 Å². The number of benzene rings is 1. The molecule has 1 aromatic carbocycles. The van der Waals surface area contributed by atoms with Crippen molar-refractivity contribution in [3.05, 3.63) is 59.9 Å². The van der Waals surface area contributed by atoms with Crippen LogP contribution in [0.2, 0.25) is 0 Å². The SMILES string of the molecule is CCCCCCCCCCCCCCCC[N+](C)(C)CCCNc1ccc(/C=C/c2cc[n+](CCCC(=O)NCCS)cc2)cc1. The number of carbonyl (C=O) groups is 1. The van der Waals surface area contributed by atoms with Crippen molar-refractivity contribution in [3.63, 3.8) is 0 Å². The van der Waals surface area contributed by atoms with E-state index < -0.39 is 0 Å². The fourth-order valence-electron chi connectivity index (χ4n) is 5.93. The summed E-state index contributed by atoms with van der Waals surface area (Å²) in [4.78, 5) is 11.7.